The summed E-state index contributed by atoms with van der Waals surface area (Å²) in [5, 5.41) is 0.438. The van der Waals surface area contributed by atoms with Crippen molar-refractivity contribution in [3.63, 3.8) is 0 Å². The molecule has 0 N–H and O–H groups in total. The highest BCUT2D eigenvalue weighted by Gasteiger charge is 2.05. The molecular weight excluding hydrogens is 195 g/mol. The van der Waals surface area contributed by atoms with E-state index in [4.69, 9.17) is 23.2 Å². The second-order valence-electron chi connectivity index (χ2n) is 2.42. The second-order valence-corrected chi connectivity index (χ2v) is 3.38. The van der Waals surface area contributed by atoms with Gasteiger partial charge in [-0.15, -0.1) is 11.6 Å². The molecule has 1 aromatic rings. The molecule has 1 rings (SSSR count). The standard InChI is InChI=1S/C9H8Cl2O/c10-8-3-1-7(2-4-8)9(11)5-6-12/h1-4,6,9H,5H2. The molecule has 0 saturated heterocycles. The Balaban J connectivity index is 2.74. The van der Waals surface area contributed by atoms with E-state index in [2.05, 4.69) is 0 Å². The summed E-state index contributed by atoms with van der Waals surface area (Å²) in [6, 6.07) is 7.17. The van der Waals surface area contributed by atoms with Crippen LogP contribution in [0.25, 0.3) is 0 Å². The van der Waals surface area contributed by atoms with Crippen LogP contribution in [0.3, 0.4) is 0 Å². The van der Waals surface area contributed by atoms with Gasteiger partial charge in [0.25, 0.3) is 0 Å². The molecule has 1 aromatic carbocycles. The molecule has 0 aliphatic rings. The zero-order valence-corrected chi connectivity index (χ0v) is 7.85. The van der Waals surface area contributed by atoms with Gasteiger partial charge in [0.05, 0.1) is 5.38 Å². The Morgan fingerprint density at radius 1 is 1.33 bits per heavy atom. The highest BCUT2D eigenvalue weighted by atomic mass is 35.5. The minimum Gasteiger partial charge on any atom is -0.303 e. The van der Waals surface area contributed by atoms with E-state index in [1.807, 2.05) is 12.1 Å². The molecule has 1 unspecified atom stereocenters. The van der Waals surface area contributed by atoms with Crippen LogP contribution in [0.5, 0.6) is 0 Å². The van der Waals surface area contributed by atoms with E-state index in [9.17, 15) is 4.79 Å². The van der Waals surface area contributed by atoms with Gasteiger partial charge >= 0.3 is 0 Å². The van der Waals surface area contributed by atoms with Crippen molar-refractivity contribution in [2.45, 2.75) is 11.8 Å². The predicted octanol–water partition coefficient (Wildman–Crippen LogP) is 3.21. The van der Waals surface area contributed by atoms with Gasteiger partial charge in [-0.05, 0) is 17.7 Å². The van der Waals surface area contributed by atoms with Crippen molar-refractivity contribution >= 4 is 29.5 Å². The van der Waals surface area contributed by atoms with E-state index in [0.29, 0.717) is 11.4 Å². The number of rotatable bonds is 3. The normalized spacial score (nSPS) is 12.5. The van der Waals surface area contributed by atoms with Gasteiger partial charge in [0, 0.05) is 11.4 Å². The summed E-state index contributed by atoms with van der Waals surface area (Å²) < 4.78 is 0. The smallest absolute Gasteiger partial charge is 0.121 e. The van der Waals surface area contributed by atoms with Crippen molar-refractivity contribution in [2.24, 2.45) is 0 Å². The Hall–Kier alpha value is -0.530. The average molecular weight is 203 g/mol. The number of benzene rings is 1. The van der Waals surface area contributed by atoms with Crippen LogP contribution in [0.4, 0.5) is 0 Å². The lowest BCUT2D eigenvalue weighted by atomic mass is 10.1. The molecule has 0 amide bonds. The van der Waals surface area contributed by atoms with Crippen LogP contribution in [0.2, 0.25) is 5.02 Å². The van der Waals surface area contributed by atoms with Crippen molar-refractivity contribution in [3.05, 3.63) is 34.9 Å². The van der Waals surface area contributed by atoms with Gasteiger partial charge in [-0.25, -0.2) is 0 Å². The van der Waals surface area contributed by atoms with E-state index in [0.717, 1.165) is 11.8 Å². The number of hydrogen-bond donors (Lipinski definition) is 0. The lowest BCUT2D eigenvalue weighted by Crippen LogP contribution is -1.90. The lowest BCUT2D eigenvalue weighted by molar-refractivity contribution is -0.107. The molecule has 0 radical (unpaired) electrons. The van der Waals surface area contributed by atoms with Gasteiger partial charge in [-0.1, -0.05) is 23.7 Å². The van der Waals surface area contributed by atoms with Crippen LogP contribution in [-0.2, 0) is 4.79 Å². The summed E-state index contributed by atoms with van der Waals surface area (Å²) in [6.45, 7) is 0. The first-order valence-corrected chi connectivity index (χ1v) is 4.38. The first-order valence-electron chi connectivity index (χ1n) is 3.57. The molecule has 0 spiro atoms. The van der Waals surface area contributed by atoms with Crippen LogP contribution in [0.1, 0.15) is 17.4 Å². The summed E-state index contributed by atoms with van der Waals surface area (Å²) in [4.78, 5) is 10.1. The summed E-state index contributed by atoms with van der Waals surface area (Å²) in [5.41, 5.74) is 0.924. The van der Waals surface area contributed by atoms with Gasteiger partial charge in [-0.2, -0.15) is 0 Å². The van der Waals surface area contributed by atoms with Crippen LogP contribution < -0.4 is 0 Å². The molecule has 0 saturated carbocycles. The topological polar surface area (TPSA) is 17.1 Å². The third-order valence-corrected chi connectivity index (χ3v) is 2.22. The fourth-order valence-corrected chi connectivity index (χ4v) is 1.24. The molecule has 0 bridgehead atoms. The summed E-state index contributed by atoms with van der Waals surface area (Å²) in [6.07, 6.45) is 1.15. The Bertz CT molecular complexity index is 256. The molecule has 64 valence electrons. The first-order chi connectivity index (χ1) is 5.74. The minimum atomic E-state index is -0.236. The molecule has 3 heteroatoms. The first kappa shape index (κ1) is 9.56. The fraction of sp³-hybridized carbons (Fsp3) is 0.222. The number of hydrogen-bond acceptors (Lipinski definition) is 1. The molecule has 0 fully saturated rings. The number of carbonyl (C=O) groups is 1. The SMILES string of the molecule is O=CCC(Cl)c1ccc(Cl)cc1. The monoisotopic (exact) mass is 202 g/mol. The van der Waals surface area contributed by atoms with Crippen molar-refractivity contribution in [3.8, 4) is 0 Å². The van der Waals surface area contributed by atoms with Crippen molar-refractivity contribution < 1.29 is 4.79 Å². The summed E-state index contributed by atoms with van der Waals surface area (Å²) >= 11 is 11.6. The Kier molecular flexibility index (Phi) is 3.57. The second kappa shape index (κ2) is 4.48. The van der Waals surface area contributed by atoms with Gasteiger partial charge in [-0.3, -0.25) is 0 Å². The maximum absolute atomic E-state index is 10.1. The van der Waals surface area contributed by atoms with Crippen LogP contribution in [0, 0.1) is 0 Å². The minimum absolute atomic E-state index is 0.236. The van der Waals surface area contributed by atoms with E-state index in [1.54, 1.807) is 12.1 Å². The summed E-state index contributed by atoms with van der Waals surface area (Å²) in [5.74, 6) is 0. The van der Waals surface area contributed by atoms with E-state index in [1.165, 1.54) is 0 Å². The average Bonchev–Trinajstić information content (AvgIpc) is 2.06. The molecule has 12 heavy (non-hydrogen) atoms. The quantitative estimate of drug-likeness (QED) is 0.544. The van der Waals surface area contributed by atoms with Crippen LogP contribution >= 0.6 is 23.2 Å². The molecular formula is C9H8Cl2O. The zero-order valence-electron chi connectivity index (χ0n) is 6.34. The van der Waals surface area contributed by atoms with Gasteiger partial charge in [0.15, 0.2) is 0 Å². The van der Waals surface area contributed by atoms with Crippen molar-refractivity contribution in [1.82, 2.24) is 0 Å². The number of aldehydes is 1. The van der Waals surface area contributed by atoms with E-state index >= 15 is 0 Å². The molecule has 0 aliphatic heterocycles. The van der Waals surface area contributed by atoms with Gasteiger partial charge in [0.2, 0.25) is 0 Å². The van der Waals surface area contributed by atoms with Crippen molar-refractivity contribution in [1.29, 1.82) is 0 Å². The van der Waals surface area contributed by atoms with Gasteiger partial charge < -0.3 is 4.79 Å². The van der Waals surface area contributed by atoms with E-state index < -0.39 is 0 Å². The Labute approximate surface area is 81.3 Å². The molecule has 0 heterocycles. The third kappa shape index (κ3) is 2.50. The Morgan fingerprint density at radius 2 is 1.92 bits per heavy atom. The Morgan fingerprint density at radius 3 is 2.42 bits per heavy atom. The molecule has 0 aliphatic carbocycles. The van der Waals surface area contributed by atoms with Crippen molar-refractivity contribution in [2.75, 3.05) is 0 Å². The lowest BCUT2D eigenvalue weighted by Gasteiger charge is -2.04. The number of halogens is 2. The van der Waals surface area contributed by atoms with Crippen LogP contribution in [-0.4, -0.2) is 6.29 Å². The third-order valence-electron chi connectivity index (χ3n) is 1.53. The van der Waals surface area contributed by atoms with Gasteiger partial charge in [0.1, 0.15) is 6.29 Å². The maximum Gasteiger partial charge on any atom is 0.121 e. The summed E-state index contributed by atoms with van der Waals surface area (Å²) in [7, 11) is 0. The highest BCUT2D eigenvalue weighted by molar-refractivity contribution is 6.30. The highest BCUT2D eigenvalue weighted by Crippen LogP contribution is 2.24. The number of alkyl halides is 1. The zero-order chi connectivity index (χ0) is 8.97. The molecule has 1 atom stereocenters. The van der Waals surface area contributed by atoms with Crippen LogP contribution in [0.15, 0.2) is 24.3 Å². The number of carbonyl (C=O) groups excluding carboxylic acids is 1. The largest absolute Gasteiger partial charge is 0.303 e. The van der Waals surface area contributed by atoms with E-state index in [-0.39, 0.29) is 5.38 Å². The maximum atomic E-state index is 10.1. The molecule has 0 aromatic heterocycles. The fourth-order valence-electron chi connectivity index (χ4n) is 0.892. The molecule has 1 nitrogen and oxygen atoms in total. The predicted molar refractivity (Wildman–Crippen MR) is 50.7 cm³/mol.